The second-order valence-corrected chi connectivity index (χ2v) is 14.2. The van der Waals surface area contributed by atoms with Crippen LogP contribution in [0.2, 0.25) is 25.7 Å². The van der Waals surface area contributed by atoms with Gasteiger partial charge in [0, 0.05) is 20.1 Å². The monoisotopic (exact) mass is 322 g/mol. The zero-order valence-corrected chi connectivity index (χ0v) is 15.8. The molecule has 3 aliphatic carbocycles. The molecule has 2 nitrogen and oxygen atoms in total. The summed E-state index contributed by atoms with van der Waals surface area (Å²) >= 11 is 0. The van der Waals surface area contributed by atoms with Crippen LogP contribution in [0, 0.1) is 17.3 Å². The first-order valence-electron chi connectivity index (χ1n) is 8.80. The third-order valence-corrected chi connectivity index (χ3v) is 7.29. The van der Waals surface area contributed by atoms with Gasteiger partial charge in [-0.15, -0.1) is 6.58 Å². The van der Waals surface area contributed by atoms with Crippen molar-refractivity contribution in [3.05, 3.63) is 24.8 Å². The van der Waals surface area contributed by atoms with Crippen LogP contribution in [0.25, 0.3) is 0 Å². The fourth-order valence-electron chi connectivity index (χ4n) is 4.11. The molecule has 0 radical (unpaired) electrons. The van der Waals surface area contributed by atoms with E-state index in [1.54, 1.807) is 0 Å². The van der Waals surface area contributed by atoms with Crippen LogP contribution in [0.15, 0.2) is 24.8 Å². The highest BCUT2D eigenvalue weighted by Gasteiger charge is 2.48. The number of rotatable bonds is 9. The van der Waals surface area contributed by atoms with Gasteiger partial charge >= 0.3 is 0 Å². The van der Waals surface area contributed by atoms with Crippen molar-refractivity contribution >= 4 is 8.07 Å². The van der Waals surface area contributed by atoms with Gasteiger partial charge in [-0.3, -0.25) is 0 Å². The number of allylic oxidation sites excluding steroid dienone is 2. The highest BCUT2D eigenvalue weighted by atomic mass is 28.3. The molecule has 0 amide bonds. The van der Waals surface area contributed by atoms with E-state index >= 15 is 0 Å². The summed E-state index contributed by atoms with van der Waals surface area (Å²) in [6.45, 7) is 17.5. The van der Waals surface area contributed by atoms with Gasteiger partial charge in [-0.1, -0.05) is 37.9 Å². The maximum Gasteiger partial charge on any atom is 0.146 e. The van der Waals surface area contributed by atoms with Gasteiger partial charge in [0.2, 0.25) is 0 Å². The summed E-state index contributed by atoms with van der Waals surface area (Å²) in [7, 11) is -0.999. The van der Waals surface area contributed by atoms with Crippen LogP contribution in [-0.4, -0.2) is 28.1 Å². The molecule has 3 heteroatoms. The molecule has 0 aromatic heterocycles. The Hall–Kier alpha value is -0.383. The van der Waals surface area contributed by atoms with Crippen molar-refractivity contribution in [3.8, 4) is 0 Å². The van der Waals surface area contributed by atoms with Gasteiger partial charge in [-0.2, -0.15) is 0 Å². The van der Waals surface area contributed by atoms with Crippen LogP contribution < -0.4 is 0 Å². The summed E-state index contributed by atoms with van der Waals surface area (Å²) in [5.41, 5.74) is 1.75. The number of ether oxygens (including phenoxy) is 2. The minimum Gasteiger partial charge on any atom is -0.356 e. The normalized spacial score (nSPS) is 31.5. The Morgan fingerprint density at radius 2 is 2.09 bits per heavy atom. The molecular weight excluding hydrogens is 288 g/mol. The molecule has 0 spiro atoms. The third kappa shape index (κ3) is 4.56. The summed E-state index contributed by atoms with van der Waals surface area (Å²) in [6.07, 6.45) is 8.20. The van der Waals surface area contributed by atoms with Crippen molar-refractivity contribution in [1.29, 1.82) is 0 Å². The van der Waals surface area contributed by atoms with Crippen molar-refractivity contribution in [2.75, 3.05) is 20.0 Å². The van der Waals surface area contributed by atoms with Crippen LogP contribution in [0.3, 0.4) is 0 Å². The van der Waals surface area contributed by atoms with E-state index in [9.17, 15) is 0 Å². The summed E-state index contributed by atoms with van der Waals surface area (Å²) < 4.78 is 11.6. The lowest BCUT2D eigenvalue weighted by Gasteiger charge is -2.53. The predicted molar refractivity (Wildman–Crippen MR) is 96.8 cm³/mol. The molecule has 0 N–H and O–H groups in total. The minimum absolute atomic E-state index is 0.294. The van der Waals surface area contributed by atoms with Crippen molar-refractivity contribution < 1.29 is 9.47 Å². The summed E-state index contributed by atoms with van der Waals surface area (Å²) in [4.78, 5) is 0. The lowest BCUT2D eigenvalue weighted by atomic mass is 9.53. The van der Waals surface area contributed by atoms with E-state index in [1.807, 2.05) is 0 Å². The topological polar surface area (TPSA) is 18.5 Å². The third-order valence-electron chi connectivity index (χ3n) is 5.59. The Kier molecular flexibility index (Phi) is 6.09. The lowest BCUT2D eigenvalue weighted by molar-refractivity contribution is -0.111. The van der Waals surface area contributed by atoms with Gasteiger partial charge in [0.1, 0.15) is 6.79 Å². The SMILES string of the molecule is C=CCC1C[C@@H]2CC[C@@]1(COCOCC[Si](C)(C)C)CC2=C. The number of hydrogen-bond donors (Lipinski definition) is 0. The van der Waals surface area contributed by atoms with Gasteiger partial charge in [-0.25, -0.2) is 0 Å². The Bertz CT molecular complexity index is 399. The molecule has 0 heterocycles. The van der Waals surface area contributed by atoms with E-state index in [-0.39, 0.29) is 0 Å². The zero-order chi connectivity index (χ0) is 16.2. The largest absolute Gasteiger partial charge is 0.356 e. The molecule has 0 aromatic rings. The Balaban J connectivity index is 1.78. The molecule has 126 valence electrons. The molecule has 0 saturated heterocycles. The number of fused-ring (bicyclic) bond motifs is 3. The Morgan fingerprint density at radius 1 is 1.32 bits per heavy atom. The van der Waals surface area contributed by atoms with E-state index in [2.05, 4.69) is 38.9 Å². The summed E-state index contributed by atoms with van der Waals surface area (Å²) in [5, 5.41) is 0. The van der Waals surface area contributed by atoms with Gasteiger partial charge in [0.15, 0.2) is 0 Å². The first kappa shape index (κ1) is 18.0. The molecule has 22 heavy (non-hydrogen) atoms. The van der Waals surface area contributed by atoms with E-state index in [0.717, 1.165) is 37.9 Å². The highest BCUT2D eigenvalue weighted by Crippen LogP contribution is 2.56. The van der Waals surface area contributed by atoms with Crippen LogP contribution >= 0.6 is 0 Å². The maximum atomic E-state index is 5.95. The molecular formula is C19H34O2Si. The van der Waals surface area contributed by atoms with Crippen molar-refractivity contribution in [1.82, 2.24) is 0 Å². The molecule has 3 aliphatic rings. The van der Waals surface area contributed by atoms with Crippen molar-refractivity contribution in [2.24, 2.45) is 17.3 Å². The average Bonchev–Trinajstić information content (AvgIpc) is 2.43. The fraction of sp³-hybridized carbons (Fsp3) is 0.789. The lowest BCUT2D eigenvalue weighted by Crippen LogP contribution is -2.46. The first-order valence-corrected chi connectivity index (χ1v) is 12.5. The molecule has 0 aliphatic heterocycles. The zero-order valence-electron chi connectivity index (χ0n) is 14.8. The second-order valence-electron chi connectivity index (χ2n) is 8.58. The molecule has 0 aromatic carbocycles. The average molecular weight is 323 g/mol. The van der Waals surface area contributed by atoms with E-state index in [0.29, 0.717) is 12.2 Å². The van der Waals surface area contributed by atoms with E-state index in [1.165, 1.54) is 30.9 Å². The van der Waals surface area contributed by atoms with Crippen molar-refractivity contribution in [3.63, 3.8) is 0 Å². The maximum absolute atomic E-state index is 5.95. The Labute approximate surface area is 138 Å². The molecule has 3 fully saturated rings. The fourth-order valence-corrected chi connectivity index (χ4v) is 4.86. The minimum atomic E-state index is -0.999. The van der Waals surface area contributed by atoms with Gasteiger partial charge in [-0.05, 0) is 50.0 Å². The Morgan fingerprint density at radius 3 is 2.73 bits per heavy atom. The first-order chi connectivity index (χ1) is 10.4. The van der Waals surface area contributed by atoms with Crippen LogP contribution in [-0.2, 0) is 9.47 Å². The van der Waals surface area contributed by atoms with Crippen LogP contribution in [0.1, 0.15) is 32.1 Å². The highest BCUT2D eigenvalue weighted by molar-refractivity contribution is 6.76. The van der Waals surface area contributed by atoms with Gasteiger partial charge in [0.05, 0.1) is 6.61 Å². The smallest absolute Gasteiger partial charge is 0.146 e. The van der Waals surface area contributed by atoms with Crippen LogP contribution in [0.5, 0.6) is 0 Å². The number of hydrogen-bond acceptors (Lipinski definition) is 2. The van der Waals surface area contributed by atoms with E-state index in [4.69, 9.17) is 9.47 Å². The predicted octanol–water partition coefficient (Wildman–Crippen LogP) is 5.25. The molecule has 3 rings (SSSR count). The summed E-state index contributed by atoms with van der Waals surface area (Å²) in [6, 6.07) is 1.21. The van der Waals surface area contributed by atoms with Gasteiger partial charge < -0.3 is 9.47 Å². The standard InChI is InChI=1S/C19H34O2Si/c1-6-7-18-12-17-8-9-19(18,13-16(17)2)14-21-15-20-10-11-22(3,4)5/h6,17-18H,1-2,7-15H2,3-5H3/t17-,18?,19-/m0/s1. The molecule has 2 bridgehead atoms. The summed E-state index contributed by atoms with van der Waals surface area (Å²) in [5.74, 6) is 1.47. The second kappa shape index (κ2) is 7.46. The molecule has 3 saturated carbocycles. The van der Waals surface area contributed by atoms with Crippen LogP contribution in [0.4, 0.5) is 0 Å². The van der Waals surface area contributed by atoms with E-state index < -0.39 is 8.07 Å². The molecule has 1 unspecified atom stereocenters. The van der Waals surface area contributed by atoms with Crippen molar-refractivity contribution in [2.45, 2.75) is 57.8 Å². The molecule has 3 atom stereocenters. The quantitative estimate of drug-likeness (QED) is 0.250. The van der Waals surface area contributed by atoms with Gasteiger partial charge in [0.25, 0.3) is 0 Å².